The van der Waals surface area contributed by atoms with E-state index in [1.165, 1.54) is 12.1 Å². The molecule has 1 unspecified atom stereocenters. The van der Waals surface area contributed by atoms with Crippen molar-refractivity contribution < 1.29 is 18.7 Å². The molecule has 0 saturated heterocycles. The number of rotatable bonds is 12. The summed E-state index contributed by atoms with van der Waals surface area (Å²) in [5, 5.41) is 2.94. The first-order chi connectivity index (χ1) is 14.6. The first kappa shape index (κ1) is 23.5. The van der Waals surface area contributed by atoms with Gasteiger partial charge in [0.05, 0.1) is 0 Å². The topological polar surface area (TPSA) is 58.6 Å². The lowest BCUT2D eigenvalue weighted by atomic mass is 10.0. The van der Waals surface area contributed by atoms with Gasteiger partial charge in [-0.2, -0.15) is 0 Å². The van der Waals surface area contributed by atoms with Gasteiger partial charge in [0.25, 0.3) is 0 Å². The molecule has 30 heavy (non-hydrogen) atoms. The monoisotopic (exact) mass is 414 g/mol. The van der Waals surface area contributed by atoms with E-state index in [0.29, 0.717) is 39.0 Å². The zero-order valence-electron chi connectivity index (χ0n) is 17.8. The highest BCUT2D eigenvalue weighted by Gasteiger charge is 2.30. The zero-order valence-corrected chi connectivity index (χ0v) is 17.8. The van der Waals surface area contributed by atoms with Gasteiger partial charge < -0.3 is 15.0 Å². The van der Waals surface area contributed by atoms with Crippen LogP contribution >= 0.6 is 0 Å². The third kappa shape index (κ3) is 7.26. The minimum Gasteiger partial charge on any atom is -0.382 e. The Morgan fingerprint density at radius 3 is 2.40 bits per heavy atom. The summed E-state index contributed by atoms with van der Waals surface area (Å²) in [7, 11) is 0. The second-order valence-electron chi connectivity index (χ2n) is 7.05. The zero-order chi connectivity index (χ0) is 21.8. The van der Waals surface area contributed by atoms with Crippen molar-refractivity contribution in [2.45, 2.75) is 45.7 Å². The number of halogens is 1. The first-order valence-electron chi connectivity index (χ1n) is 10.5. The Morgan fingerprint density at radius 2 is 1.77 bits per heavy atom. The molecule has 1 atom stereocenters. The van der Waals surface area contributed by atoms with Gasteiger partial charge in [-0.05, 0) is 43.0 Å². The number of ether oxygens (including phenoxy) is 1. The smallest absolute Gasteiger partial charge is 0.247 e. The average Bonchev–Trinajstić information content (AvgIpc) is 2.75. The maximum Gasteiger partial charge on any atom is 0.247 e. The summed E-state index contributed by atoms with van der Waals surface area (Å²) >= 11 is 0. The SMILES string of the molecule is CCCC(=O)N(Cc1ccc(F)cc1)C(C(=O)NCCCOCC)c1ccccc1. The van der Waals surface area contributed by atoms with E-state index in [1.54, 1.807) is 17.0 Å². The maximum absolute atomic E-state index is 13.3. The summed E-state index contributed by atoms with van der Waals surface area (Å²) in [6.07, 6.45) is 1.71. The van der Waals surface area contributed by atoms with Gasteiger partial charge in [0, 0.05) is 32.7 Å². The predicted molar refractivity (Wildman–Crippen MR) is 115 cm³/mol. The highest BCUT2D eigenvalue weighted by atomic mass is 19.1. The van der Waals surface area contributed by atoms with Crippen LogP contribution in [0.1, 0.15) is 50.3 Å². The third-order valence-corrected chi connectivity index (χ3v) is 4.69. The van der Waals surface area contributed by atoms with Crippen molar-refractivity contribution in [1.82, 2.24) is 10.2 Å². The van der Waals surface area contributed by atoms with Gasteiger partial charge in [0.2, 0.25) is 11.8 Å². The molecule has 2 aromatic carbocycles. The molecule has 0 saturated carbocycles. The van der Waals surface area contributed by atoms with E-state index in [4.69, 9.17) is 4.74 Å². The van der Waals surface area contributed by atoms with Crippen molar-refractivity contribution in [3.8, 4) is 0 Å². The molecule has 0 bridgehead atoms. The highest BCUT2D eigenvalue weighted by Crippen LogP contribution is 2.25. The Bertz CT molecular complexity index is 781. The van der Waals surface area contributed by atoms with Crippen molar-refractivity contribution in [1.29, 1.82) is 0 Å². The molecular weight excluding hydrogens is 383 g/mol. The molecule has 2 aromatic rings. The van der Waals surface area contributed by atoms with Crippen LogP contribution in [0.4, 0.5) is 4.39 Å². The first-order valence-corrected chi connectivity index (χ1v) is 10.5. The molecule has 0 aromatic heterocycles. The van der Waals surface area contributed by atoms with E-state index in [2.05, 4.69) is 5.32 Å². The molecule has 0 spiro atoms. The van der Waals surface area contributed by atoms with Crippen LogP contribution < -0.4 is 5.32 Å². The van der Waals surface area contributed by atoms with Crippen LogP contribution in [-0.4, -0.2) is 36.5 Å². The molecule has 6 heteroatoms. The third-order valence-electron chi connectivity index (χ3n) is 4.69. The van der Waals surface area contributed by atoms with Crippen LogP contribution in [0.25, 0.3) is 0 Å². The quantitative estimate of drug-likeness (QED) is 0.529. The maximum atomic E-state index is 13.3. The molecule has 0 heterocycles. The van der Waals surface area contributed by atoms with Crippen LogP contribution in [0.15, 0.2) is 54.6 Å². The van der Waals surface area contributed by atoms with Gasteiger partial charge in [-0.15, -0.1) is 0 Å². The van der Waals surface area contributed by atoms with Crippen molar-refractivity contribution in [3.05, 3.63) is 71.5 Å². The lowest BCUT2D eigenvalue weighted by molar-refractivity contribution is -0.141. The fourth-order valence-corrected chi connectivity index (χ4v) is 3.20. The van der Waals surface area contributed by atoms with E-state index in [0.717, 1.165) is 11.1 Å². The van der Waals surface area contributed by atoms with Gasteiger partial charge in [-0.25, -0.2) is 4.39 Å². The van der Waals surface area contributed by atoms with Gasteiger partial charge in [0.15, 0.2) is 0 Å². The Hall–Kier alpha value is -2.73. The average molecular weight is 415 g/mol. The number of nitrogens with one attached hydrogen (secondary N) is 1. The minimum absolute atomic E-state index is 0.111. The predicted octanol–water partition coefficient (Wildman–Crippen LogP) is 4.24. The standard InChI is InChI=1S/C24H31FN2O3/c1-3-9-22(28)27(18-19-12-14-21(25)15-13-19)23(20-10-6-5-7-11-20)24(29)26-16-8-17-30-4-2/h5-7,10-15,23H,3-4,8-9,16-18H2,1-2H3,(H,26,29). The van der Waals surface area contributed by atoms with Crippen LogP contribution in [0, 0.1) is 5.82 Å². The number of benzene rings is 2. The molecule has 5 nitrogen and oxygen atoms in total. The van der Waals surface area contributed by atoms with Gasteiger partial charge in [0.1, 0.15) is 11.9 Å². The minimum atomic E-state index is -0.762. The molecule has 0 radical (unpaired) electrons. The molecule has 162 valence electrons. The Morgan fingerprint density at radius 1 is 1.07 bits per heavy atom. The number of carbonyl (C=O) groups excluding carboxylic acids is 2. The molecule has 2 rings (SSSR count). The van der Waals surface area contributed by atoms with Crippen molar-refractivity contribution >= 4 is 11.8 Å². The number of hydrogen-bond acceptors (Lipinski definition) is 3. The van der Waals surface area contributed by atoms with E-state index < -0.39 is 6.04 Å². The number of hydrogen-bond donors (Lipinski definition) is 1. The van der Waals surface area contributed by atoms with Gasteiger partial charge in [-0.1, -0.05) is 49.4 Å². The van der Waals surface area contributed by atoms with Gasteiger partial charge >= 0.3 is 0 Å². The lowest BCUT2D eigenvalue weighted by Crippen LogP contribution is -2.43. The molecule has 2 amide bonds. The summed E-state index contributed by atoms with van der Waals surface area (Å²) in [5.74, 6) is -0.679. The number of carbonyl (C=O) groups is 2. The number of nitrogens with zero attached hydrogens (tertiary/aromatic N) is 1. The lowest BCUT2D eigenvalue weighted by Gasteiger charge is -2.31. The van der Waals surface area contributed by atoms with Crippen molar-refractivity contribution in [2.75, 3.05) is 19.8 Å². The second kappa shape index (κ2) is 12.8. The van der Waals surface area contributed by atoms with E-state index >= 15 is 0 Å². The van der Waals surface area contributed by atoms with E-state index in [1.807, 2.05) is 44.2 Å². The van der Waals surface area contributed by atoms with Crippen LogP contribution in [0.3, 0.4) is 0 Å². The Kier molecular flexibility index (Phi) is 10.0. The summed E-state index contributed by atoms with van der Waals surface area (Å²) in [6, 6.07) is 14.5. The Balaban J connectivity index is 2.28. The summed E-state index contributed by atoms with van der Waals surface area (Å²) in [5.41, 5.74) is 1.51. The molecule has 0 fully saturated rings. The second-order valence-corrected chi connectivity index (χ2v) is 7.05. The van der Waals surface area contributed by atoms with Crippen LogP contribution in [0.5, 0.6) is 0 Å². The Labute approximate surface area is 178 Å². The summed E-state index contributed by atoms with van der Waals surface area (Å²) < 4.78 is 18.6. The largest absolute Gasteiger partial charge is 0.382 e. The van der Waals surface area contributed by atoms with Crippen LogP contribution in [-0.2, 0) is 20.9 Å². The fourth-order valence-electron chi connectivity index (χ4n) is 3.20. The van der Waals surface area contributed by atoms with Crippen molar-refractivity contribution in [2.24, 2.45) is 0 Å². The molecular formula is C24H31FN2O3. The van der Waals surface area contributed by atoms with Crippen LogP contribution in [0.2, 0.25) is 0 Å². The normalized spacial score (nSPS) is 11.7. The molecule has 0 aliphatic rings. The molecule has 0 aliphatic heterocycles. The summed E-state index contributed by atoms with van der Waals surface area (Å²) in [4.78, 5) is 27.8. The fraction of sp³-hybridized carbons (Fsp3) is 0.417. The van der Waals surface area contributed by atoms with E-state index in [-0.39, 0.29) is 24.2 Å². The van der Waals surface area contributed by atoms with Crippen molar-refractivity contribution in [3.63, 3.8) is 0 Å². The van der Waals surface area contributed by atoms with E-state index in [9.17, 15) is 14.0 Å². The molecule has 1 N–H and O–H groups in total. The highest BCUT2D eigenvalue weighted by molar-refractivity contribution is 5.88. The summed E-state index contributed by atoms with van der Waals surface area (Å²) in [6.45, 7) is 5.76. The number of amides is 2. The molecule has 0 aliphatic carbocycles. The van der Waals surface area contributed by atoms with Gasteiger partial charge in [-0.3, -0.25) is 9.59 Å².